The lowest BCUT2D eigenvalue weighted by Crippen LogP contribution is -1.78. The fourth-order valence-electron chi connectivity index (χ4n) is 1.25. The molecular formula is C11H10N2S. The van der Waals surface area contributed by atoms with E-state index in [1.807, 2.05) is 18.4 Å². The van der Waals surface area contributed by atoms with Crippen molar-refractivity contribution in [2.45, 2.75) is 6.92 Å². The number of rotatable bonds is 2. The summed E-state index contributed by atoms with van der Waals surface area (Å²) in [5, 5.41) is 5.96. The Morgan fingerprint density at radius 1 is 1.21 bits per heavy atom. The summed E-state index contributed by atoms with van der Waals surface area (Å²) in [6.07, 6.45) is 4.10. The van der Waals surface area contributed by atoms with Crippen molar-refractivity contribution in [3.05, 3.63) is 41.3 Å². The molecule has 2 rings (SSSR count). The van der Waals surface area contributed by atoms with Gasteiger partial charge in [-0.15, -0.1) is 5.10 Å². The molecule has 70 valence electrons. The highest BCUT2D eigenvalue weighted by Gasteiger charge is 1.98. The lowest BCUT2D eigenvalue weighted by molar-refractivity contribution is 1.16. The predicted molar refractivity (Wildman–Crippen MR) is 60.1 cm³/mol. The Morgan fingerprint density at radius 3 is 2.57 bits per heavy atom. The zero-order valence-electron chi connectivity index (χ0n) is 7.84. The molecule has 2 nitrogen and oxygen atoms in total. The number of benzene rings is 1. The highest BCUT2D eigenvalue weighted by Crippen LogP contribution is 2.18. The molecule has 0 fully saturated rings. The molecule has 0 saturated heterocycles. The van der Waals surface area contributed by atoms with Gasteiger partial charge in [0.2, 0.25) is 0 Å². The van der Waals surface area contributed by atoms with Gasteiger partial charge in [0.15, 0.2) is 0 Å². The largest absolute Gasteiger partial charge is 0.138 e. The van der Waals surface area contributed by atoms with Gasteiger partial charge in [-0.05, 0) is 24.0 Å². The molecule has 0 atom stereocenters. The van der Waals surface area contributed by atoms with E-state index < -0.39 is 0 Å². The molecule has 0 aliphatic rings. The third-order valence-corrected chi connectivity index (χ3v) is 2.43. The molecule has 1 heterocycles. The molecule has 0 radical (unpaired) electrons. The summed E-state index contributed by atoms with van der Waals surface area (Å²) in [6.45, 7) is 2.01. The maximum absolute atomic E-state index is 4.01. The normalized spacial score (nSPS) is 10.9. The molecule has 0 spiro atoms. The SMILES string of the molecule is C/C=C/c1ccc(-c2csnn2)cc1. The van der Waals surface area contributed by atoms with Gasteiger partial charge in [0.05, 0.1) is 0 Å². The van der Waals surface area contributed by atoms with Crippen molar-refractivity contribution in [2.24, 2.45) is 0 Å². The highest BCUT2D eigenvalue weighted by molar-refractivity contribution is 7.03. The quantitative estimate of drug-likeness (QED) is 0.747. The van der Waals surface area contributed by atoms with Gasteiger partial charge in [0.25, 0.3) is 0 Å². The van der Waals surface area contributed by atoms with Crippen LogP contribution in [0.25, 0.3) is 17.3 Å². The first-order valence-corrected chi connectivity index (χ1v) is 5.24. The predicted octanol–water partition coefficient (Wildman–Crippen LogP) is 3.24. The van der Waals surface area contributed by atoms with Crippen LogP contribution < -0.4 is 0 Å². The maximum Gasteiger partial charge on any atom is 0.105 e. The fourth-order valence-corrected chi connectivity index (χ4v) is 1.71. The average Bonchev–Trinajstić information content (AvgIpc) is 2.72. The maximum atomic E-state index is 4.01. The monoisotopic (exact) mass is 202 g/mol. The number of allylic oxidation sites excluding steroid dienone is 1. The molecular weight excluding hydrogens is 192 g/mol. The Morgan fingerprint density at radius 2 is 2.00 bits per heavy atom. The Bertz CT molecular complexity index is 415. The lowest BCUT2D eigenvalue weighted by atomic mass is 10.1. The van der Waals surface area contributed by atoms with E-state index in [1.165, 1.54) is 17.1 Å². The second-order valence-corrected chi connectivity index (χ2v) is 3.52. The van der Waals surface area contributed by atoms with Crippen LogP contribution in [0.3, 0.4) is 0 Å². The van der Waals surface area contributed by atoms with E-state index in [0.29, 0.717) is 0 Å². The standard InChI is InChI=1S/C11H10N2S/c1-2-3-9-4-6-10(7-5-9)11-8-14-13-12-11/h2-8H,1H3/b3-2+. The molecule has 0 aliphatic carbocycles. The van der Waals surface area contributed by atoms with Crippen molar-refractivity contribution in [3.63, 3.8) is 0 Å². The van der Waals surface area contributed by atoms with E-state index in [1.54, 1.807) is 0 Å². The highest BCUT2D eigenvalue weighted by atomic mass is 32.1. The Labute approximate surface area is 87.1 Å². The van der Waals surface area contributed by atoms with Crippen molar-refractivity contribution < 1.29 is 0 Å². The summed E-state index contributed by atoms with van der Waals surface area (Å²) in [5.41, 5.74) is 3.27. The Hall–Kier alpha value is -1.48. The summed E-state index contributed by atoms with van der Waals surface area (Å²) in [4.78, 5) is 0. The smallest absolute Gasteiger partial charge is 0.105 e. The molecule has 1 aromatic carbocycles. The third-order valence-electron chi connectivity index (χ3n) is 1.93. The van der Waals surface area contributed by atoms with E-state index in [4.69, 9.17) is 0 Å². The topological polar surface area (TPSA) is 25.8 Å². The number of aromatic nitrogens is 2. The van der Waals surface area contributed by atoms with E-state index in [0.717, 1.165) is 11.3 Å². The van der Waals surface area contributed by atoms with Crippen molar-refractivity contribution in [3.8, 4) is 11.3 Å². The zero-order valence-corrected chi connectivity index (χ0v) is 8.66. The van der Waals surface area contributed by atoms with Crippen molar-refractivity contribution in [1.82, 2.24) is 9.59 Å². The van der Waals surface area contributed by atoms with Crippen LogP contribution >= 0.6 is 11.5 Å². The summed E-state index contributed by atoms with van der Waals surface area (Å²) < 4.78 is 3.83. The van der Waals surface area contributed by atoms with E-state index in [9.17, 15) is 0 Å². The van der Waals surface area contributed by atoms with Crippen LogP contribution in [0.5, 0.6) is 0 Å². The van der Waals surface area contributed by atoms with Gasteiger partial charge in [-0.3, -0.25) is 0 Å². The zero-order chi connectivity index (χ0) is 9.80. The van der Waals surface area contributed by atoms with Gasteiger partial charge in [-0.1, -0.05) is 40.9 Å². The molecule has 2 aromatic rings. The van der Waals surface area contributed by atoms with Crippen LogP contribution in [-0.2, 0) is 0 Å². The summed E-state index contributed by atoms with van der Waals surface area (Å²) >= 11 is 1.37. The first kappa shape index (κ1) is 9.09. The van der Waals surface area contributed by atoms with E-state index in [2.05, 4.69) is 39.9 Å². The van der Waals surface area contributed by atoms with Gasteiger partial charge in [0, 0.05) is 10.9 Å². The minimum absolute atomic E-state index is 0.946. The van der Waals surface area contributed by atoms with Crippen LogP contribution in [-0.4, -0.2) is 9.59 Å². The molecule has 3 heteroatoms. The van der Waals surface area contributed by atoms with Gasteiger partial charge in [0.1, 0.15) is 5.69 Å². The molecule has 0 bridgehead atoms. The number of nitrogens with zero attached hydrogens (tertiary/aromatic N) is 2. The van der Waals surface area contributed by atoms with Crippen molar-refractivity contribution >= 4 is 17.6 Å². The molecule has 0 aliphatic heterocycles. The molecule has 0 N–H and O–H groups in total. The average molecular weight is 202 g/mol. The minimum atomic E-state index is 0.946. The summed E-state index contributed by atoms with van der Waals surface area (Å²) in [5.74, 6) is 0. The third kappa shape index (κ3) is 1.88. The van der Waals surface area contributed by atoms with Gasteiger partial charge >= 0.3 is 0 Å². The van der Waals surface area contributed by atoms with Gasteiger partial charge in [-0.2, -0.15) is 0 Å². The minimum Gasteiger partial charge on any atom is -0.138 e. The van der Waals surface area contributed by atoms with E-state index in [-0.39, 0.29) is 0 Å². The fraction of sp³-hybridized carbons (Fsp3) is 0.0909. The first-order valence-electron chi connectivity index (χ1n) is 4.40. The number of hydrogen-bond acceptors (Lipinski definition) is 3. The Balaban J connectivity index is 2.31. The van der Waals surface area contributed by atoms with E-state index >= 15 is 0 Å². The number of hydrogen-bond donors (Lipinski definition) is 0. The second-order valence-electron chi connectivity index (χ2n) is 2.91. The molecule has 14 heavy (non-hydrogen) atoms. The summed E-state index contributed by atoms with van der Waals surface area (Å²) in [6, 6.07) is 8.28. The van der Waals surface area contributed by atoms with Crippen LogP contribution in [0.4, 0.5) is 0 Å². The van der Waals surface area contributed by atoms with Gasteiger partial charge < -0.3 is 0 Å². The second kappa shape index (κ2) is 4.15. The van der Waals surface area contributed by atoms with Crippen LogP contribution in [0.2, 0.25) is 0 Å². The van der Waals surface area contributed by atoms with Crippen LogP contribution in [0.15, 0.2) is 35.7 Å². The van der Waals surface area contributed by atoms with Crippen LogP contribution in [0.1, 0.15) is 12.5 Å². The van der Waals surface area contributed by atoms with Crippen molar-refractivity contribution in [1.29, 1.82) is 0 Å². The first-order chi connectivity index (χ1) is 6.90. The molecule has 0 amide bonds. The van der Waals surface area contributed by atoms with Gasteiger partial charge in [-0.25, -0.2) is 0 Å². The molecule has 0 unspecified atom stereocenters. The molecule has 1 aromatic heterocycles. The van der Waals surface area contributed by atoms with Crippen molar-refractivity contribution in [2.75, 3.05) is 0 Å². The summed E-state index contributed by atoms with van der Waals surface area (Å²) in [7, 11) is 0. The Kier molecular flexibility index (Phi) is 2.70. The lowest BCUT2D eigenvalue weighted by Gasteiger charge is -1.96. The van der Waals surface area contributed by atoms with Crippen LogP contribution in [0, 0.1) is 0 Å². The molecule has 0 saturated carbocycles.